The maximum atomic E-state index is 12.5. The van der Waals surface area contributed by atoms with Crippen molar-refractivity contribution in [1.29, 1.82) is 0 Å². The van der Waals surface area contributed by atoms with Gasteiger partial charge in [0.25, 0.3) is 0 Å². The molecule has 0 spiro atoms. The molecule has 4 nitrogen and oxygen atoms in total. The fourth-order valence-electron chi connectivity index (χ4n) is 3.20. The summed E-state index contributed by atoms with van der Waals surface area (Å²) in [7, 11) is 0. The first-order valence-electron chi connectivity index (χ1n) is 8.69. The molecule has 1 aliphatic rings. The SMILES string of the molecule is CCC(CC)[C@@H]1C[C@H](NC(=O)Nc2ccc(C(F)(F)F)cc2)CCO1. The molecule has 1 aliphatic heterocycles. The molecule has 1 heterocycles. The van der Waals surface area contributed by atoms with Gasteiger partial charge in [-0.15, -0.1) is 0 Å². The fourth-order valence-corrected chi connectivity index (χ4v) is 3.20. The number of carbonyl (C=O) groups excluding carboxylic acids is 1. The molecule has 1 aromatic rings. The topological polar surface area (TPSA) is 50.4 Å². The van der Waals surface area contributed by atoms with Crippen molar-refractivity contribution in [3.63, 3.8) is 0 Å². The zero-order valence-electron chi connectivity index (χ0n) is 14.5. The molecule has 2 amide bonds. The van der Waals surface area contributed by atoms with Crippen LogP contribution in [-0.4, -0.2) is 24.8 Å². The lowest BCUT2D eigenvalue weighted by Crippen LogP contribution is -2.45. The molecule has 140 valence electrons. The van der Waals surface area contributed by atoms with Gasteiger partial charge in [-0.2, -0.15) is 13.2 Å². The zero-order valence-corrected chi connectivity index (χ0v) is 14.5. The summed E-state index contributed by atoms with van der Waals surface area (Å²) in [4.78, 5) is 12.1. The third-order valence-corrected chi connectivity index (χ3v) is 4.69. The number of amides is 2. The highest BCUT2D eigenvalue weighted by molar-refractivity contribution is 5.89. The number of ether oxygens (including phenoxy) is 1. The number of hydrogen-bond acceptors (Lipinski definition) is 2. The molecular formula is C18H25F3N2O2. The molecule has 0 saturated carbocycles. The van der Waals surface area contributed by atoms with Gasteiger partial charge >= 0.3 is 12.2 Å². The largest absolute Gasteiger partial charge is 0.416 e. The van der Waals surface area contributed by atoms with Crippen molar-refractivity contribution < 1.29 is 22.7 Å². The number of alkyl halides is 3. The van der Waals surface area contributed by atoms with Gasteiger partial charge in [-0.3, -0.25) is 0 Å². The third-order valence-electron chi connectivity index (χ3n) is 4.69. The van der Waals surface area contributed by atoms with Crippen LogP contribution >= 0.6 is 0 Å². The summed E-state index contributed by atoms with van der Waals surface area (Å²) in [5, 5.41) is 5.47. The maximum Gasteiger partial charge on any atom is 0.416 e. The number of halogens is 3. The second-order valence-corrected chi connectivity index (χ2v) is 6.38. The van der Waals surface area contributed by atoms with E-state index in [0.717, 1.165) is 37.8 Å². The van der Waals surface area contributed by atoms with E-state index in [1.807, 2.05) is 0 Å². The summed E-state index contributed by atoms with van der Waals surface area (Å²) in [6.07, 6.45) is -0.686. The summed E-state index contributed by atoms with van der Waals surface area (Å²) < 4.78 is 43.4. The lowest BCUT2D eigenvalue weighted by Gasteiger charge is -2.34. The van der Waals surface area contributed by atoms with Crippen LogP contribution in [0.2, 0.25) is 0 Å². The van der Waals surface area contributed by atoms with Gasteiger partial charge in [0, 0.05) is 18.3 Å². The van der Waals surface area contributed by atoms with E-state index < -0.39 is 17.8 Å². The van der Waals surface area contributed by atoms with Crippen molar-refractivity contribution >= 4 is 11.7 Å². The molecule has 0 radical (unpaired) electrons. The minimum absolute atomic E-state index is 0.00815. The number of nitrogens with one attached hydrogen (secondary N) is 2. The molecule has 7 heteroatoms. The van der Waals surface area contributed by atoms with E-state index in [0.29, 0.717) is 18.2 Å². The first-order valence-corrected chi connectivity index (χ1v) is 8.69. The highest BCUT2D eigenvalue weighted by Gasteiger charge is 2.30. The summed E-state index contributed by atoms with van der Waals surface area (Å²) in [6.45, 7) is 4.87. The quantitative estimate of drug-likeness (QED) is 0.793. The van der Waals surface area contributed by atoms with Gasteiger partial charge in [0.1, 0.15) is 0 Å². The molecular weight excluding hydrogens is 333 g/mol. The van der Waals surface area contributed by atoms with Gasteiger partial charge in [-0.25, -0.2) is 4.79 Å². The summed E-state index contributed by atoms with van der Waals surface area (Å²) in [5.74, 6) is 0.475. The fraction of sp³-hybridized carbons (Fsp3) is 0.611. The smallest absolute Gasteiger partial charge is 0.378 e. The Kier molecular flexibility index (Phi) is 6.70. The van der Waals surface area contributed by atoms with E-state index in [4.69, 9.17) is 4.74 Å². The van der Waals surface area contributed by atoms with Gasteiger partial charge in [-0.1, -0.05) is 26.7 Å². The predicted molar refractivity (Wildman–Crippen MR) is 90.4 cm³/mol. The molecule has 1 aromatic carbocycles. The van der Waals surface area contributed by atoms with Gasteiger partial charge < -0.3 is 15.4 Å². The zero-order chi connectivity index (χ0) is 18.4. The van der Waals surface area contributed by atoms with Crippen LogP contribution in [0.25, 0.3) is 0 Å². The Labute approximate surface area is 146 Å². The number of anilines is 1. The first kappa shape index (κ1) is 19.6. The Morgan fingerprint density at radius 1 is 1.24 bits per heavy atom. The van der Waals surface area contributed by atoms with Crippen LogP contribution < -0.4 is 10.6 Å². The van der Waals surface area contributed by atoms with Crippen LogP contribution in [0.15, 0.2) is 24.3 Å². The number of carbonyl (C=O) groups is 1. The monoisotopic (exact) mass is 358 g/mol. The maximum absolute atomic E-state index is 12.5. The van der Waals surface area contributed by atoms with Crippen LogP contribution in [-0.2, 0) is 10.9 Å². The summed E-state index contributed by atoms with van der Waals surface area (Å²) in [6, 6.07) is 4.00. The van der Waals surface area contributed by atoms with Crippen molar-refractivity contribution in [2.24, 2.45) is 5.92 Å². The molecule has 1 saturated heterocycles. The van der Waals surface area contributed by atoms with Gasteiger partial charge in [0.15, 0.2) is 0 Å². The lowest BCUT2D eigenvalue weighted by molar-refractivity contribution is -0.137. The molecule has 0 bridgehead atoms. The summed E-state index contributed by atoms with van der Waals surface area (Å²) >= 11 is 0. The van der Waals surface area contributed by atoms with E-state index in [1.165, 1.54) is 12.1 Å². The summed E-state index contributed by atoms with van der Waals surface area (Å²) in [5.41, 5.74) is -0.412. The van der Waals surface area contributed by atoms with E-state index in [1.54, 1.807) is 0 Å². The molecule has 2 atom stereocenters. The molecule has 0 aromatic heterocycles. The highest BCUT2D eigenvalue weighted by Crippen LogP contribution is 2.30. The van der Waals surface area contributed by atoms with E-state index in [2.05, 4.69) is 24.5 Å². The molecule has 0 unspecified atom stereocenters. The highest BCUT2D eigenvalue weighted by atomic mass is 19.4. The molecule has 2 N–H and O–H groups in total. The van der Waals surface area contributed by atoms with Crippen LogP contribution in [0.4, 0.5) is 23.7 Å². The number of rotatable bonds is 5. The van der Waals surface area contributed by atoms with E-state index >= 15 is 0 Å². The second-order valence-electron chi connectivity index (χ2n) is 6.38. The van der Waals surface area contributed by atoms with Crippen LogP contribution in [0.1, 0.15) is 45.1 Å². The minimum Gasteiger partial charge on any atom is -0.378 e. The third kappa shape index (κ3) is 5.63. The number of benzene rings is 1. The van der Waals surface area contributed by atoms with Gasteiger partial charge in [0.05, 0.1) is 11.7 Å². The average Bonchev–Trinajstić information content (AvgIpc) is 2.56. The van der Waals surface area contributed by atoms with Gasteiger partial charge in [0.2, 0.25) is 0 Å². The van der Waals surface area contributed by atoms with Crippen LogP contribution in [0, 0.1) is 5.92 Å². The minimum atomic E-state index is -4.38. The van der Waals surface area contributed by atoms with Crippen molar-refractivity contribution in [3.8, 4) is 0 Å². The standard InChI is InChI=1S/C18H25F3N2O2/c1-3-12(4-2)16-11-15(9-10-25-16)23-17(24)22-14-7-5-13(6-8-14)18(19,20)21/h5-8,12,15-16H,3-4,9-11H2,1-2H3,(H2,22,23,24)/t15-,16+/m1/s1. The van der Waals surface area contributed by atoms with Crippen molar-refractivity contribution in [2.75, 3.05) is 11.9 Å². The second kappa shape index (κ2) is 8.56. The predicted octanol–water partition coefficient (Wildman–Crippen LogP) is 4.81. The van der Waals surface area contributed by atoms with Crippen molar-refractivity contribution in [2.45, 2.75) is 57.9 Å². The normalized spacial score (nSPS) is 21.2. The number of urea groups is 1. The van der Waals surface area contributed by atoms with Gasteiger partial charge in [-0.05, 0) is 43.0 Å². The van der Waals surface area contributed by atoms with Crippen LogP contribution in [0.3, 0.4) is 0 Å². The molecule has 2 rings (SSSR count). The van der Waals surface area contributed by atoms with Crippen molar-refractivity contribution in [3.05, 3.63) is 29.8 Å². The number of hydrogen-bond donors (Lipinski definition) is 2. The molecule has 0 aliphatic carbocycles. The Bertz CT molecular complexity index is 556. The lowest BCUT2D eigenvalue weighted by atomic mass is 9.89. The average molecular weight is 358 g/mol. The van der Waals surface area contributed by atoms with E-state index in [9.17, 15) is 18.0 Å². The van der Waals surface area contributed by atoms with E-state index in [-0.39, 0.29) is 12.1 Å². The Balaban J connectivity index is 1.87. The Hall–Kier alpha value is -1.76. The van der Waals surface area contributed by atoms with Crippen LogP contribution in [0.5, 0.6) is 0 Å². The Morgan fingerprint density at radius 2 is 1.88 bits per heavy atom. The Morgan fingerprint density at radius 3 is 2.44 bits per heavy atom. The first-order chi connectivity index (χ1) is 11.8. The molecule has 25 heavy (non-hydrogen) atoms. The van der Waals surface area contributed by atoms with Crippen molar-refractivity contribution in [1.82, 2.24) is 5.32 Å². The molecule has 1 fully saturated rings.